The lowest BCUT2D eigenvalue weighted by molar-refractivity contribution is -0.153. The van der Waals surface area contributed by atoms with E-state index in [-0.39, 0.29) is 34.5 Å². The number of aromatic nitrogens is 1. The first-order valence-corrected chi connectivity index (χ1v) is 13.7. The molecule has 196 valence electrons. The Kier molecular flexibility index (Phi) is 6.17. The van der Waals surface area contributed by atoms with E-state index in [0.29, 0.717) is 24.7 Å². The maximum Gasteiger partial charge on any atom is 0.237 e. The van der Waals surface area contributed by atoms with Crippen molar-refractivity contribution in [2.45, 2.75) is 69.2 Å². The summed E-state index contributed by atoms with van der Waals surface area (Å²) in [7, 11) is 0. The molecule has 5 aliphatic carbocycles. The van der Waals surface area contributed by atoms with Crippen molar-refractivity contribution in [3.05, 3.63) is 65.5 Å². The SMILES string of the molecule is NC(C(=O)NCC1(c2ccc(F)c(F)c2)CCC1)C1C2CC3CC1CC(C(=O)Cc1ccncc1)(C3)C2. The van der Waals surface area contributed by atoms with Gasteiger partial charge in [-0.25, -0.2) is 8.78 Å². The van der Waals surface area contributed by atoms with Crippen LogP contribution >= 0.6 is 0 Å². The Bertz CT molecular complexity index is 1180. The highest BCUT2D eigenvalue weighted by atomic mass is 19.2. The Hall–Kier alpha value is -2.67. The minimum absolute atomic E-state index is 0.0824. The molecule has 7 heteroatoms. The summed E-state index contributed by atoms with van der Waals surface area (Å²) < 4.78 is 27.4. The van der Waals surface area contributed by atoms with E-state index in [4.69, 9.17) is 5.73 Å². The highest BCUT2D eigenvalue weighted by Gasteiger charge is 2.59. The first-order chi connectivity index (χ1) is 17.8. The van der Waals surface area contributed by atoms with Crippen molar-refractivity contribution in [1.82, 2.24) is 10.3 Å². The molecule has 5 aliphatic rings. The highest BCUT2D eigenvalue weighted by Crippen LogP contribution is 2.63. The summed E-state index contributed by atoms with van der Waals surface area (Å²) in [5.41, 5.74) is 7.74. The number of amides is 1. The van der Waals surface area contributed by atoms with E-state index < -0.39 is 17.7 Å². The van der Waals surface area contributed by atoms with E-state index >= 15 is 0 Å². The molecule has 3 unspecified atom stereocenters. The number of carbonyl (C=O) groups is 2. The fraction of sp³-hybridized carbons (Fsp3) is 0.567. The lowest BCUT2D eigenvalue weighted by atomic mass is 9.44. The monoisotopic (exact) mass is 507 g/mol. The van der Waals surface area contributed by atoms with Crippen molar-refractivity contribution < 1.29 is 18.4 Å². The molecule has 0 radical (unpaired) electrons. The Morgan fingerprint density at radius 3 is 2.35 bits per heavy atom. The van der Waals surface area contributed by atoms with Crippen molar-refractivity contribution >= 4 is 11.7 Å². The van der Waals surface area contributed by atoms with Crippen LogP contribution in [0.15, 0.2) is 42.7 Å². The van der Waals surface area contributed by atoms with Crippen molar-refractivity contribution in [1.29, 1.82) is 0 Å². The summed E-state index contributed by atoms with van der Waals surface area (Å²) in [6.45, 7) is 0.379. The molecule has 3 atom stereocenters. The Labute approximate surface area is 216 Å². The molecule has 0 saturated heterocycles. The number of carbonyl (C=O) groups excluding carboxylic acids is 2. The van der Waals surface area contributed by atoms with Crippen LogP contribution in [0.4, 0.5) is 8.78 Å². The lowest BCUT2D eigenvalue weighted by Gasteiger charge is -2.60. The summed E-state index contributed by atoms with van der Waals surface area (Å²) in [6.07, 6.45) is 11.3. The van der Waals surface area contributed by atoms with E-state index in [1.54, 1.807) is 18.5 Å². The van der Waals surface area contributed by atoms with Crippen LogP contribution in [-0.4, -0.2) is 29.3 Å². The van der Waals surface area contributed by atoms with Gasteiger partial charge in [0.05, 0.1) is 6.04 Å². The van der Waals surface area contributed by atoms with Gasteiger partial charge in [-0.1, -0.05) is 12.5 Å². The standard InChI is InChI=1S/C30H35F2N3O2/c31-23-3-2-22(13-24(23)32)29(6-1-7-29)17-35-28(37)27(33)26-20-10-19-11-21(26)16-30(14-19,15-20)25(36)12-18-4-8-34-9-5-18/h2-5,8-9,13,19-21,26-27H,1,6-7,10-12,14-17,33H2,(H,35,37). The van der Waals surface area contributed by atoms with E-state index in [1.165, 1.54) is 12.1 Å². The fourth-order valence-corrected chi connectivity index (χ4v) is 8.41. The highest BCUT2D eigenvalue weighted by molar-refractivity contribution is 5.87. The molecule has 1 aromatic heterocycles. The second-order valence-corrected chi connectivity index (χ2v) is 12.3. The van der Waals surface area contributed by atoms with Crippen LogP contribution < -0.4 is 11.1 Å². The van der Waals surface area contributed by atoms with Crippen LogP contribution in [0.25, 0.3) is 0 Å². The molecule has 0 aliphatic heterocycles. The largest absolute Gasteiger partial charge is 0.354 e. The summed E-state index contributed by atoms with van der Waals surface area (Å²) in [6, 6.07) is 7.26. The average Bonchev–Trinajstić information content (AvgIpc) is 2.85. The third kappa shape index (κ3) is 4.29. The van der Waals surface area contributed by atoms with Gasteiger partial charge in [0, 0.05) is 36.2 Å². The number of halogens is 2. The molecule has 0 spiro atoms. The predicted molar refractivity (Wildman–Crippen MR) is 135 cm³/mol. The number of hydrogen-bond donors (Lipinski definition) is 2. The van der Waals surface area contributed by atoms with Gasteiger partial charge < -0.3 is 11.1 Å². The molecule has 7 rings (SSSR count). The van der Waals surface area contributed by atoms with Crippen LogP contribution in [0.2, 0.25) is 0 Å². The Morgan fingerprint density at radius 2 is 1.73 bits per heavy atom. The maximum atomic E-state index is 13.9. The zero-order valence-electron chi connectivity index (χ0n) is 21.1. The van der Waals surface area contributed by atoms with Crippen LogP contribution in [0.1, 0.15) is 62.5 Å². The molecule has 37 heavy (non-hydrogen) atoms. The molecule has 4 bridgehead atoms. The van der Waals surface area contributed by atoms with Gasteiger partial charge in [0.2, 0.25) is 5.91 Å². The van der Waals surface area contributed by atoms with Crippen molar-refractivity contribution in [3.63, 3.8) is 0 Å². The topological polar surface area (TPSA) is 85.1 Å². The number of nitrogens with two attached hydrogens (primary N) is 1. The Morgan fingerprint density at radius 1 is 1.03 bits per heavy atom. The number of nitrogens with zero attached hydrogens (tertiary/aromatic N) is 1. The second-order valence-electron chi connectivity index (χ2n) is 12.3. The molecule has 1 aromatic carbocycles. The number of nitrogens with one attached hydrogen (secondary N) is 1. The number of benzene rings is 1. The van der Waals surface area contributed by atoms with Crippen LogP contribution in [0, 0.1) is 40.7 Å². The van der Waals surface area contributed by atoms with E-state index in [0.717, 1.165) is 62.5 Å². The van der Waals surface area contributed by atoms with Gasteiger partial charge in [-0.05, 0) is 104 Å². The van der Waals surface area contributed by atoms with Gasteiger partial charge in [0.1, 0.15) is 5.78 Å². The van der Waals surface area contributed by atoms with E-state index in [1.807, 2.05) is 12.1 Å². The molecular weight excluding hydrogens is 472 g/mol. The third-order valence-electron chi connectivity index (χ3n) is 10.2. The zero-order chi connectivity index (χ0) is 25.8. The van der Waals surface area contributed by atoms with Crippen LogP contribution in [0.5, 0.6) is 0 Å². The summed E-state index contributed by atoms with van der Waals surface area (Å²) in [5, 5.41) is 3.08. The molecule has 5 fully saturated rings. The van der Waals surface area contributed by atoms with E-state index in [2.05, 4.69) is 10.3 Å². The average molecular weight is 508 g/mol. The van der Waals surface area contributed by atoms with Gasteiger partial charge in [0.15, 0.2) is 11.6 Å². The lowest BCUT2D eigenvalue weighted by Crippen LogP contribution is -2.61. The number of ketones is 1. The van der Waals surface area contributed by atoms with Gasteiger partial charge in [-0.15, -0.1) is 0 Å². The number of hydrogen-bond acceptors (Lipinski definition) is 4. The second kappa shape index (κ2) is 9.26. The van der Waals surface area contributed by atoms with Crippen molar-refractivity contribution in [3.8, 4) is 0 Å². The quantitative estimate of drug-likeness (QED) is 0.552. The first kappa shape index (κ1) is 24.7. The molecule has 1 heterocycles. The van der Waals surface area contributed by atoms with Crippen LogP contribution in [0.3, 0.4) is 0 Å². The molecule has 1 amide bonds. The number of rotatable bonds is 8. The third-order valence-corrected chi connectivity index (χ3v) is 10.2. The van der Waals surface area contributed by atoms with Gasteiger partial charge in [-0.2, -0.15) is 0 Å². The van der Waals surface area contributed by atoms with Crippen molar-refractivity contribution in [2.75, 3.05) is 6.54 Å². The molecule has 3 N–H and O–H groups in total. The van der Waals surface area contributed by atoms with E-state index in [9.17, 15) is 18.4 Å². The first-order valence-electron chi connectivity index (χ1n) is 13.7. The fourth-order valence-electron chi connectivity index (χ4n) is 8.41. The number of Topliss-reactive ketones (excluding diaryl/α,β-unsaturated/α-hetero) is 1. The summed E-state index contributed by atoms with van der Waals surface area (Å²) in [4.78, 5) is 30.9. The van der Waals surface area contributed by atoms with Crippen LogP contribution in [-0.2, 0) is 21.4 Å². The minimum Gasteiger partial charge on any atom is -0.354 e. The summed E-state index contributed by atoms with van der Waals surface area (Å²) in [5.74, 6) is -0.349. The summed E-state index contributed by atoms with van der Waals surface area (Å²) >= 11 is 0. The predicted octanol–water partition coefficient (Wildman–Crippen LogP) is 4.48. The molecule has 5 saturated carbocycles. The number of pyridine rings is 1. The smallest absolute Gasteiger partial charge is 0.237 e. The van der Waals surface area contributed by atoms with Gasteiger partial charge in [0.25, 0.3) is 0 Å². The van der Waals surface area contributed by atoms with Gasteiger partial charge in [-0.3, -0.25) is 14.6 Å². The Balaban J connectivity index is 1.12. The maximum absolute atomic E-state index is 13.9. The van der Waals surface area contributed by atoms with Gasteiger partial charge >= 0.3 is 0 Å². The normalized spacial score (nSPS) is 32.0. The zero-order valence-corrected chi connectivity index (χ0v) is 21.1. The molecule has 5 nitrogen and oxygen atoms in total. The molecule has 2 aromatic rings. The van der Waals surface area contributed by atoms with Crippen molar-refractivity contribution in [2.24, 2.45) is 34.8 Å². The molecular formula is C30H35F2N3O2. The minimum atomic E-state index is -0.858.